The number of carbonyl (C=O) groups is 2. The van der Waals surface area contributed by atoms with Crippen LogP contribution in [-0.4, -0.2) is 28.6 Å². The Hall–Kier alpha value is -1.28. The summed E-state index contributed by atoms with van der Waals surface area (Å²) >= 11 is 2.62. The molecular formula is C14H22N4O2S2. The molecule has 1 fully saturated rings. The number of nitrogens with zero attached hydrogens (tertiary/aromatic N) is 1. The zero-order valence-electron chi connectivity index (χ0n) is 12.7. The number of amides is 3. The molecule has 0 aromatic carbocycles. The molecule has 3 amide bonds. The average molecular weight is 342 g/mol. The van der Waals surface area contributed by atoms with Crippen LogP contribution in [0.3, 0.4) is 0 Å². The van der Waals surface area contributed by atoms with Crippen LogP contribution in [0.5, 0.6) is 0 Å². The monoisotopic (exact) mass is 342 g/mol. The molecular weight excluding hydrogens is 320 g/mol. The van der Waals surface area contributed by atoms with Gasteiger partial charge >= 0.3 is 6.03 Å². The zero-order valence-corrected chi connectivity index (χ0v) is 14.3. The third kappa shape index (κ3) is 5.17. The molecule has 2 rings (SSSR count). The quantitative estimate of drug-likeness (QED) is 0.474. The highest BCUT2D eigenvalue weighted by Crippen LogP contribution is 2.32. The van der Waals surface area contributed by atoms with Gasteiger partial charge in [-0.3, -0.25) is 10.1 Å². The Morgan fingerprint density at radius 2 is 2.18 bits per heavy atom. The molecule has 1 saturated carbocycles. The Morgan fingerprint density at radius 3 is 2.82 bits per heavy atom. The van der Waals surface area contributed by atoms with Crippen molar-refractivity contribution in [2.75, 3.05) is 17.6 Å². The lowest BCUT2D eigenvalue weighted by Crippen LogP contribution is -2.30. The normalized spacial score (nSPS) is 13.9. The molecule has 1 aliphatic carbocycles. The highest BCUT2D eigenvalue weighted by Gasteiger charge is 2.23. The maximum Gasteiger partial charge on any atom is 0.319 e. The third-order valence-electron chi connectivity index (χ3n) is 3.37. The van der Waals surface area contributed by atoms with E-state index in [1.54, 1.807) is 0 Å². The lowest BCUT2D eigenvalue weighted by atomic mass is 10.3. The van der Waals surface area contributed by atoms with Crippen LogP contribution in [0.15, 0.2) is 5.03 Å². The molecule has 0 radical (unpaired) electrons. The lowest BCUT2D eigenvalue weighted by molar-refractivity contribution is 0.0998. The van der Waals surface area contributed by atoms with Gasteiger partial charge in [-0.1, -0.05) is 19.8 Å². The van der Waals surface area contributed by atoms with Crippen LogP contribution in [0.2, 0.25) is 0 Å². The molecule has 0 saturated heterocycles. The molecule has 1 aliphatic rings. The summed E-state index contributed by atoms with van der Waals surface area (Å²) in [6, 6.07) is -0.305. The van der Waals surface area contributed by atoms with Gasteiger partial charge < -0.3 is 11.1 Å². The van der Waals surface area contributed by atoms with Crippen molar-refractivity contribution in [1.82, 2.24) is 9.69 Å². The Bertz CT molecular complexity index is 529. The number of primary amides is 1. The van der Waals surface area contributed by atoms with E-state index >= 15 is 0 Å². The van der Waals surface area contributed by atoms with Gasteiger partial charge in [0.1, 0.15) is 15.6 Å². The number of anilines is 1. The number of aromatic nitrogens is 1. The number of urea groups is 1. The number of hydrogen-bond donors (Lipinski definition) is 3. The van der Waals surface area contributed by atoms with Crippen LogP contribution >= 0.6 is 23.3 Å². The largest absolute Gasteiger partial charge is 0.365 e. The highest BCUT2D eigenvalue weighted by atomic mass is 32.2. The predicted octanol–water partition coefficient (Wildman–Crippen LogP) is 3.06. The minimum absolute atomic E-state index is 0.305. The fourth-order valence-corrected chi connectivity index (χ4v) is 3.87. The van der Waals surface area contributed by atoms with Crippen molar-refractivity contribution in [3.63, 3.8) is 0 Å². The molecule has 6 nitrogen and oxygen atoms in total. The van der Waals surface area contributed by atoms with Crippen molar-refractivity contribution in [2.45, 2.75) is 44.1 Å². The average Bonchev–Trinajstić information content (AvgIpc) is 3.22. The molecule has 122 valence electrons. The Morgan fingerprint density at radius 1 is 1.41 bits per heavy atom. The molecule has 0 atom stereocenters. The summed E-state index contributed by atoms with van der Waals surface area (Å²) in [7, 11) is 0. The number of hydrogen-bond acceptors (Lipinski definition) is 5. The van der Waals surface area contributed by atoms with Gasteiger partial charge in [-0.05, 0) is 42.5 Å². The second-order valence-corrected chi connectivity index (χ2v) is 7.25. The predicted molar refractivity (Wildman–Crippen MR) is 90.6 cm³/mol. The molecule has 0 bridgehead atoms. The van der Waals surface area contributed by atoms with E-state index in [1.165, 1.54) is 24.6 Å². The molecule has 8 heteroatoms. The van der Waals surface area contributed by atoms with Gasteiger partial charge in [0.25, 0.3) is 5.91 Å². The van der Waals surface area contributed by atoms with Crippen LogP contribution in [0.4, 0.5) is 9.80 Å². The first kappa shape index (κ1) is 17.1. The summed E-state index contributed by atoms with van der Waals surface area (Å²) in [5.41, 5.74) is 5.77. The topological polar surface area (TPSA) is 97.1 Å². The van der Waals surface area contributed by atoms with E-state index in [1.807, 2.05) is 0 Å². The van der Waals surface area contributed by atoms with E-state index in [0.29, 0.717) is 28.1 Å². The maximum absolute atomic E-state index is 11.8. The minimum Gasteiger partial charge on any atom is -0.365 e. The second kappa shape index (κ2) is 8.38. The van der Waals surface area contributed by atoms with Crippen molar-refractivity contribution in [3.05, 3.63) is 5.56 Å². The third-order valence-corrected chi connectivity index (χ3v) is 5.31. The molecule has 0 unspecified atom stereocenters. The summed E-state index contributed by atoms with van der Waals surface area (Å²) in [5.74, 6) is 0.947. The van der Waals surface area contributed by atoms with Crippen LogP contribution in [0.25, 0.3) is 0 Å². The van der Waals surface area contributed by atoms with Crippen LogP contribution in [0, 0.1) is 5.92 Å². The van der Waals surface area contributed by atoms with Gasteiger partial charge in [0.05, 0.1) is 0 Å². The molecule has 0 aliphatic heterocycles. The van der Waals surface area contributed by atoms with E-state index in [0.717, 1.165) is 36.5 Å². The SMILES string of the molecule is CCCCCSc1nsc(NC(=O)NCC2CC2)c1C(N)=O. The standard InChI is InChI=1S/C14H22N4O2S2/c1-2-3-4-7-21-13-10(11(15)19)12(22-18-13)17-14(20)16-8-9-5-6-9/h9H,2-8H2,1H3,(H2,15,19)(H2,16,17,20). The highest BCUT2D eigenvalue weighted by molar-refractivity contribution is 7.99. The minimum atomic E-state index is -0.552. The first-order chi connectivity index (χ1) is 10.6. The molecule has 0 spiro atoms. The van der Waals surface area contributed by atoms with Crippen molar-refractivity contribution >= 4 is 40.2 Å². The lowest BCUT2D eigenvalue weighted by Gasteiger charge is -2.06. The van der Waals surface area contributed by atoms with E-state index in [4.69, 9.17) is 5.73 Å². The van der Waals surface area contributed by atoms with Crippen LogP contribution in [-0.2, 0) is 0 Å². The first-order valence-corrected chi connectivity index (χ1v) is 9.34. The number of nitrogens with two attached hydrogens (primary N) is 1. The van der Waals surface area contributed by atoms with Gasteiger partial charge in [-0.2, -0.15) is 4.37 Å². The molecule has 1 aromatic rings. The molecule has 4 N–H and O–H groups in total. The number of nitrogens with one attached hydrogen (secondary N) is 2. The Kier molecular flexibility index (Phi) is 6.50. The fourth-order valence-electron chi connectivity index (χ4n) is 1.90. The van der Waals surface area contributed by atoms with Gasteiger partial charge in [0.15, 0.2) is 0 Å². The van der Waals surface area contributed by atoms with Crippen LogP contribution < -0.4 is 16.4 Å². The molecule has 1 aromatic heterocycles. The Balaban J connectivity index is 1.92. The van der Waals surface area contributed by atoms with Gasteiger partial charge in [0.2, 0.25) is 0 Å². The summed E-state index contributed by atoms with van der Waals surface area (Å²) in [4.78, 5) is 23.5. The zero-order chi connectivity index (χ0) is 15.9. The second-order valence-electron chi connectivity index (χ2n) is 5.39. The molecule has 1 heterocycles. The summed E-state index contributed by atoms with van der Waals surface area (Å²) in [6.45, 7) is 2.82. The number of unbranched alkanes of at least 4 members (excludes halogenated alkanes) is 2. The fraction of sp³-hybridized carbons (Fsp3) is 0.643. The van der Waals surface area contributed by atoms with E-state index in [9.17, 15) is 9.59 Å². The Labute approximate surface area is 138 Å². The number of rotatable bonds is 9. The van der Waals surface area contributed by atoms with Crippen LogP contribution in [0.1, 0.15) is 49.4 Å². The van der Waals surface area contributed by atoms with E-state index in [-0.39, 0.29) is 6.03 Å². The van der Waals surface area contributed by atoms with Gasteiger partial charge in [-0.25, -0.2) is 4.79 Å². The van der Waals surface area contributed by atoms with Gasteiger partial charge in [0, 0.05) is 6.54 Å². The smallest absolute Gasteiger partial charge is 0.319 e. The summed E-state index contributed by atoms with van der Waals surface area (Å²) < 4.78 is 4.26. The van der Waals surface area contributed by atoms with Crippen molar-refractivity contribution in [3.8, 4) is 0 Å². The first-order valence-electron chi connectivity index (χ1n) is 7.59. The van der Waals surface area contributed by atoms with E-state index < -0.39 is 5.91 Å². The number of carbonyl (C=O) groups excluding carboxylic acids is 2. The summed E-state index contributed by atoms with van der Waals surface area (Å²) in [5, 5.41) is 6.53. The van der Waals surface area contributed by atoms with Crippen molar-refractivity contribution in [1.29, 1.82) is 0 Å². The number of thioether (sulfide) groups is 1. The van der Waals surface area contributed by atoms with E-state index in [2.05, 4.69) is 21.9 Å². The molecule has 22 heavy (non-hydrogen) atoms. The van der Waals surface area contributed by atoms with Crippen molar-refractivity contribution in [2.24, 2.45) is 11.7 Å². The summed E-state index contributed by atoms with van der Waals surface area (Å²) in [6.07, 6.45) is 5.71. The van der Waals surface area contributed by atoms with Gasteiger partial charge in [-0.15, -0.1) is 11.8 Å². The maximum atomic E-state index is 11.8. The van der Waals surface area contributed by atoms with Crippen molar-refractivity contribution < 1.29 is 9.59 Å².